The Kier molecular flexibility index (Phi) is 3.25. The van der Waals surface area contributed by atoms with Crippen LogP contribution >= 0.6 is 0 Å². The number of hydrogen-bond donors (Lipinski definition) is 0. The van der Waals surface area contributed by atoms with E-state index in [-0.39, 0.29) is 5.82 Å². The molecule has 2 aromatic heterocycles. The number of fused-ring (bicyclic) bond motifs is 2. The molecule has 0 N–H and O–H groups in total. The van der Waals surface area contributed by atoms with Gasteiger partial charge in [0.05, 0.1) is 11.0 Å². The van der Waals surface area contributed by atoms with E-state index in [0.29, 0.717) is 11.3 Å². The van der Waals surface area contributed by atoms with Gasteiger partial charge in [-0.05, 0) is 36.4 Å². The van der Waals surface area contributed by atoms with E-state index in [2.05, 4.69) is 4.98 Å². The van der Waals surface area contributed by atoms with Crippen molar-refractivity contribution in [3.8, 4) is 17.1 Å². The SMILES string of the molecule is Fc1ccc(-n2c(-c3ccccc3)nc3nc4ccccc4nc32)cc1. The van der Waals surface area contributed by atoms with E-state index in [1.54, 1.807) is 12.1 Å². The molecule has 4 nitrogen and oxygen atoms in total. The lowest BCUT2D eigenvalue weighted by Crippen LogP contribution is -1.99. The van der Waals surface area contributed by atoms with E-state index >= 15 is 0 Å². The van der Waals surface area contributed by atoms with Gasteiger partial charge in [-0.15, -0.1) is 0 Å². The molecule has 0 aliphatic heterocycles. The summed E-state index contributed by atoms with van der Waals surface area (Å²) in [6.07, 6.45) is 0. The number of para-hydroxylation sites is 2. The van der Waals surface area contributed by atoms with E-state index in [9.17, 15) is 4.39 Å². The van der Waals surface area contributed by atoms with Crippen LogP contribution < -0.4 is 0 Å². The average molecular weight is 340 g/mol. The highest BCUT2D eigenvalue weighted by Gasteiger charge is 2.17. The molecule has 0 atom stereocenters. The maximum absolute atomic E-state index is 13.4. The number of rotatable bonds is 2. The molecule has 0 aliphatic rings. The van der Waals surface area contributed by atoms with Gasteiger partial charge >= 0.3 is 0 Å². The number of halogens is 1. The Morgan fingerprint density at radius 3 is 2.04 bits per heavy atom. The number of imidazole rings is 1. The van der Waals surface area contributed by atoms with Crippen LogP contribution in [0.25, 0.3) is 39.4 Å². The van der Waals surface area contributed by atoms with Crippen LogP contribution in [-0.4, -0.2) is 19.5 Å². The minimum absolute atomic E-state index is 0.282. The molecule has 5 aromatic rings. The highest BCUT2D eigenvalue weighted by molar-refractivity contribution is 5.86. The van der Waals surface area contributed by atoms with E-state index < -0.39 is 0 Å². The second-order valence-electron chi connectivity index (χ2n) is 5.97. The van der Waals surface area contributed by atoms with Crippen LogP contribution in [-0.2, 0) is 0 Å². The maximum atomic E-state index is 13.4. The molecule has 3 aromatic carbocycles. The molecule has 0 radical (unpaired) electrons. The second kappa shape index (κ2) is 5.74. The Labute approximate surface area is 148 Å². The van der Waals surface area contributed by atoms with Crippen LogP contribution in [0, 0.1) is 5.82 Å². The molecule has 26 heavy (non-hydrogen) atoms. The van der Waals surface area contributed by atoms with Crippen molar-refractivity contribution in [1.29, 1.82) is 0 Å². The summed E-state index contributed by atoms with van der Waals surface area (Å²) >= 11 is 0. The first kappa shape index (κ1) is 14.7. The molecule has 0 saturated heterocycles. The summed E-state index contributed by atoms with van der Waals surface area (Å²) in [5.41, 5.74) is 4.53. The fourth-order valence-corrected chi connectivity index (χ4v) is 3.07. The van der Waals surface area contributed by atoms with Gasteiger partial charge in [-0.25, -0.2) is 19.3 Å². The molecule has 0 spiro atoms. The summed E-state index contributed by atoms with van der Waals surface area (Å²) in [7, 11) is 0. The van der Waals surface area contributed by atoms with E-state index in [1.165, 1.54) is 12.1 Å². The third-order valence-corrected chi connectivity index (χ3v) is 4.29. The maximum Gasteiger partial charge on any atom is 0.199 e. The Morgan fingerprint density at radius 2 is 1.31 bits per heavy atom. The Bertz CT molecular complexity index is 1230. The number of nitrogens with zero attached hydrogens (tertiary/aromatic N) is 4. The summed E-state index contributed by atoms with van der Waals surface area (Å²) in [5.74, 6) is 0.443. The molecule has 0 saturated carbocycles. The van der Waals surface area contributed by atoms with E-state index in [4.69, 9.17) is 9.97 Å². The highest BCUT2D eigenvalue weighted by atomic mass is 19.1. The zero-order valence-corrected chi connectivity index (χ0v) is 13.7. The van der Waals surface area contributed by atoms with Crippen molar-refractivity contribution in [2.75, 3.05) is 0 Å². The standard InChI is InChI=1S/C21H13FN4/c22-15-10-12-16(13-11-15)26-20(14-6-2-1-3-7-14)25-19-21(26)24-18-9-5-4-8-17(18)23-19/h1-13H. The lowest BCUT2D eigenvalue weighted by atomic mass is 10.2. The Morgan fingerprint density at radius 1 is 0.654 bits per heavy atom. The van der Waals surface area contributed by atoms with Crippen LogP contribution in [0.5, 0.6) is 0 Å². The topological polar surface area (TPSA) is 43.6 Å². The predicted molar refractivity (Wildman–Crippen MR) is 99.6 cm³/mol. The zero-order valence-electron chi connectivity index (χ0n) is 13.7. The van der Waals surface area contributed by atoms with E-state index in [0.717, 1.165) is 28.1 Å². The lowest BCUT2D eigenvalue weighted by molar-refractivity contribution is 0.627. The van der Waals surface area contributed by atoms with Crippen molar-refractivity contribution in [3.63, 3.8) is 0 Å². The summed E-state index contributed by atoms with van der Waals surface area (Å²) < 4.78 is 15.3. The largest absolute Gasteiger partial charge is 0.275 e. The zero-order chi connectivity index (χ0) is 17.5. The van der Waals surface area contributed by atoms with Gasteiger partial charge in [-0.1, -0.05) is 42.5 Å². The van der Waals surface area contributed by atoms with Gasteiger partial charge in [-0.2, -0.15) is 0 Å². The van der Waals surface area contributed by atoms with Gasteiger partial charge in [-0.3, -0.25) is 4.57 Å². The van der Waals surface area contributed by atoms with Gasteiger partial charge in [0.2, 0.25) is 0 Å². The summed E-state index contributed by atoms with van der Waals surface area (Å²) in [5, 5.41) is 0. The second-order valence-corrected chi connectivity index (χ2v) is 5.97. The molecular weight excluding hydrogens is 327 g/mol. The predicted octanol–water partition coefficient (Wildman–Crippen LogP) is 4.77. The number of benzene rings is 3. The van der Waals surface area contributed by atoms with Gasteiger partial charge < -0.3 is 0 Å². The number of hydrogen-bond acceptors (Lipinski definition) is 3. The normalized spacial score (nSPS) is 11.3. The van der Waals surface area contributed by atoms with Crippen molar-refractivity contribution in [3.05, 3.63) is 84.7 Å². The van der Waals surface area contributed by atoms with Crippen molar-refractivity contribution in [2.24, 2.45) is 0 Å². The molecule has 2 heterocycles. The van der Waals surface area contributed by atoms with Crippen LogP contribution in [0.2, 0.25) is 0 Å². The third kappa shape index (κ3) is 2.33. The van der Waals surface area contributed by atoms with Crippen molar-refractivity contribution in [1.82, 2.24) is 19.5 Å². The van der Waals surface area contributed by atoms with Crippen molar-refractivity contribution < 1.29 is 4.39 Å². The van der Waals surface area contributed by atoms with Crippen LogP contribution in [0.3, 0.4) is 0 Å². The van der Waals surface area contributed by atoms with Crippen LogP contribution in [0.1, 0.15) is 0 Å². The smallest absolute Gasteiger partial charge is 0.199 e. The molecule has 0 aliphatic carbocycles. The minimum Gasteiger partial charge on any atom is -0.275 e. The third-order valence-electron chi connectivity index (χ3n) is 4.29. The van der Waals surface area contributed by atoms with Crippen molar-refractivity contribution >= 4 is 22.3 Å². The molecule has 0 fully saturated rings. The fourth-order valence-electron chi connectivity index (χ4n) is 3.07. The summed E-state index contributed by atoms with van der Waals surface area (Å²) in [6.45, 7) is 0. The summed E-state index contributed by atoms with van der Waals surface area (Å²) in [4.78, 5) is 14.2. The van der Waals surface area contributed by atoms with Crippen molar-refractivity contribution in [2.45, 2.75) is 0 Å². The summed E-state index contributed by atoms with van der Waals surface area (Å²) in [6, 6.07) is 23.9. The quantitative estimate of drug-likeness (QED) is 0.465. The lowest BCUT2D eigenvalue weighted by Gasteiger charge is -2.09. The highest BCUT2D eigenvalue weighted by Crippen LogP contribution is 2.28. The van der Waals surface area contributed by atoms with Gasteiger partial charge in [0, 0.05) is 11.3 Å². The minimum atomic E-state index is -0.282. The molecular formula is C21H13FN4. The molecule has 5 rings (SSSR count). The molecule has 0 amide bonds. The first-order valence-corrected chi connectivity index (χ1v) is 8.26. The molecule has 124 valence electrons. The first-order valence-electron chi connectivity index (χ1n) is 8.26. The molecule has 5 heteroatoms. The van der Waals surface area contributed by atoms with Gasteiger partial charge in [0.1, 0.15) is 11.6 Å². The van der Waals surface area contributed by atoms with E-state index in [1.807, 2.05) is 59.2 Å². The van der Waals surface area contributed by atoms with Crippen LogP contribution in [0.15, 0.2) is 78.9 Å². The monoisotopic (exact) mass is 340 g/mol. The molecule has 0 bridgehead atoms. The van der Waals surface area contributed by atoms with Gasteiger partial charge in [0.15, 0.2) is 11.3 Å². The average Bonchev–Trinajstić information content (AvgIpc) is 3.06. The number of aromatic nitrogens is 4. The fraction of sp³-hybridized carbons (Fsp3) is 0. The Balaban J connectivity index is 1.88. The molecule has 0 unspecified atom stereocenters. The first-order chi connectivity index (χ1) is 12.8. The Hall–Kier alpha value is -3.60. The van der Waals surface area contributed by atoms with Gasteiger partial charge in [0.25, 0.3) is 0 Å². The van der Waals surface area contributed by atoms with Crippen LogP contribution in [0.4, 0.5) is 4.39 Å².